The molecule has 0 radical (unpaired) electrons. The number of nitrogen functional groups attached to an aromatic ring is 1. The molecule has 5 nitrogen and oxygen atoms in total. The Morgan fingerprint density at radius 2 is 2.30 bits per heavy atom. The van der Waals surface area contributed by atoms with Crippen LogP contribution in [0, 0.1) is 5.92 Å². The summed E-state index contributed by atoms with van der Waals surface area (Å²) in [5, 5.41) is 4.48. The number of anilines is 1. The average Bonchev–Trinajstić information content (AvgIpc) is 2.88. The van der Waals surface area contributed by atoms with Crippen molar-refractivity contribution in [1.29, 1.82) is 0 Å². The molecule has 1 amide bonds. The van der Waals surface area contributed by atoms with E-state index in [1.807, 2.05) is 6.92 Å². The minimum absolute atomic E-state index is 0.0124. The van der Waals surface area contributed by atoms with Crippen LogP contribution < -0.4 is 11.1 Å². The molecular weight excluding hydrogens is 328 g/mol. The molecule has 2 aromatic heterocycles. The van der Waals surface area contributed by atoms with Gasteiger partial charge in [-0.3, -0.25) is 4.79 Å². The molecule has 0 saturated heterocycles. The number of rotatable bonds is 5. The number of hydrogen-bond acceptors (Lipinski definition) is 6. The summed E-state index contributed by atoms with van der Waals surface area (Å²) in [5.74, 6) is 1.62. The first-order valence-corrected chi connectivity index (χ1v) is 9.86. The highest BCUT2D eigenvalue weighted by Crippen LogP contribution is 2.39. The summed E-state index contributed by atoms with van der Waals surface area (Å²) in [6, 6.07) is 0. The summed E-state index contributed by atoms with van der Waals surface area (Å²) in [6.07, 6.45) is 4.31. The van der Waals surface area contributed by atoms with Crippen LogP contribution in [0.4, 0.5) is 5.82 Å². The van der Waals surface area contributed by atoms with Gasteiger partial charge in [0.25, 0.3) is 0 Å². The van der Waals surface area contributed by atoms with E-state index in [1.165, 1.54) is 28.6 Å². The molecule has 1 unspecified atom stereocenters. The summed E-state index contributed by atoms with van der Waals surface area (Å²) in [4.78, 5) is 23.1. The zero-order valence-electron chi connectivity index (χ0n) is 13.5. The largest absolute Gasteiger partial charge is 0.383 e. The van der Waals surface area contributed by atoms with Crippen molar-refractivity contribution in [3.8, 4) is 0 Å². The fourth-order valence-corrected chi connectivity index (χ4v) is 4.99. The van der Waals surface area contributed by atoms with Crippen molar-refractivity contribution in [2.24, 2.45) is 5.92 Å². The van der Waals surface area contributed by atoms with Crippen molar-refractivity contribution in [3.05, 3.63) is 10.4 Å². The zero-order valence-corrected chi connectivity index (χ0v) is 15.1. The molecule has 23 heavy (non-hydrogen) atoms. The van der Waals surface area contributed by atoms with E-state index in [9.17, 15) is 4.79 Å². The number of hydrogen-bond donors (Lipinski definition) is 2. The maximum absolute atomic E-state index is 11.7. The van der Waals surface area contributed by atoms with E-state index < -0.39 is 0 Å². The number of thioether (sulfide) groups is 1. The number of carbonyl (C=O) groups excluding carboxylic acids is 1. The summed E-state index contributed by atoms with van der Waals surface area (Å²) in [5.41, 5.74) is 7.53. The van der Waals surface area contributed by atoms with Crippen molar-refractivity contribution in [2.45, 2.75) is 44.7 Å². The lowest BCUT2D eigenvalue weighted by Gasteiger charge is -2.17. The van der Waals surface area contributed by atoms with Crippen LogP contribution in [-0.4, -0.2) is 28.2 Å². The highest BCUT2D eigenvalue weighted by Gasteiger charge is 2.23. The van der Waals surface area contributed by atoms with Gasteiger partial charge < -0.3 is 11.1 Å². The SMILES string of the molecule is CCCNC(=O)CSc1nc(N)c2c3c(sc2n1)CC(C)CC3. The third-order valence-corrected chi connectivity index (χ3v) is 6.06. The molecule has 124 valence electrons. The minimum Gasteiger partial charge on any atom is -0.383 e. The minimum atomic E-state index is 0.0124. The maximum Gasteiger partial charge on any atom is 0.230 e. The van der Waals surface area contributed by atoms with Gasteiger partial charge in [-0.05, 0) is 37.2 Å². The molecular formula is C16H22N4OS2. The van der Waals surface area contributed by atoms with Crippen molar-refractivity contribution >= 4 is 45.0 Å². The number of nitrogens with two attached hydrogens (primary N) is 1. The summed E-state index contributed by atoms with van der Waals surface area (Å²) >= 11 is 3.08. The van der Waals surface area contributed by atoms with Crippen LogP contribution in [-0.2, 0) is 17.6 Å². The first-order chi connectivity index (χ1) is 11.1. The Balaban J connectivity index is 1.80. The number of fused-ring (bicyclic) bond motifs is 3. The highest BCUT2D eigenvalue weighted by molar-refractivity contribution is 7.99. The van der Waals surface area contributed by atoms with Gasteiger partial charge >= 0.3 is 0 Å². The summed E-state index contributed by atoms with van der Waals surface area (Å²) < 4.78 is 0. The Kier molecular flexibility index (Phi) is 5.06. The third kappa shape index (κ3) is 3.61. The van der Waals surface area contributed by atoms with Gasteiger partial charge in [-0.2, -0.15) is 0 Å². The van der Waals surface area contributed by atoms with E-state index in [-0.39, 0.29) is 5.91 Å². The predicted molar refractivity (Wildman–Crippen MR) is 97.0 cm³/mol. The Morgan fingerprint density at radius 1 is 1.48 bits per heavy atom. The molecule has 7 heteroatoms. The molecule has 0 saturated carbocycles. The molecule has 2 aromatic rings. The molecule has 3 N–H and O–H groups in total. The third-order valence-electron chi connectivity index (χ3n) is 4.07. The molecule has 0 fully saturated rings. The number of amides is 1. The zero-order chi connectivity index (χ0) is 16.4. The van der Waals surface area contributed by atoms with Crippen molar-refractivity contribution in [3.63, 3.8) is 0 Å². The highest BCUT2D eigenvalue weighted by atomic mass is 32.2. The van der Waals surface area contributed by atoms with E-state index >= 15 is 0 Å². The number of nitrogens with one attached hydrogen (secondary N) is 1. The Morgan fingerprint density at radius 3 is 3.09 bits per heavy atom. The topological polar surface area (TPSA) is 80.9 Å². The molecule has 0 spiro atoms. The molecule has 0 bridgehead atoms. The predicted octanol–water partition coefficient (Wildman–Crippen LogP) is 3.02. The lowest BCUT2D eigenvalue weighted by Crippen LogP contribution is -2.25. The molecule has 2 heterocycles. The van der Waals surface area contributed by atoms with Gasteiger partial charge in [0.1, 0.15) is 10.6 Å². The lowest BCUT2D eigenvalue weighted by molar-refractivity contribution is -0.118. The van der Waals surface area contributed by atoms with Gasteiger partial charge in [0.05, 0.1) is 11.1 Å². The van der Waals surface area contributed by atoms with Gasteiger partial charge in [0.2, 0.25) is 5.91 Å². The molecule has 1 aliphatic rings. The summed E-state index contributed by atoms with van der Waals surface area (Å²) in [6.45, 7) is 5.03. The molecule has 3 rings (SSSR count). The second-order valence-corrected chi connectivity index (χ2v) is 8.09. The molecule has 0 aromatic carbocycles. The van der Waals surface area contributed by atoms with Gasteiger partial charge in [-0.15, -0.1) is 11.3 Å². The monoisotopic (exact) mass is 350 g/mol. The van der Waals surface area contributed by atoms with Gasteiger partial charge in [0.15, 0.2) is 5.16 Å². The van der Waals surface area contributed by atoms with E-state index in [4.69, 9.17) is 5.73 Å². The smallest absolute Gasteiger partial charge is 0.230 e. The summed E-state index contributed by atoms with van der Waals surface area (Å²) in [7, 11) is 0. The van der Waals surface area contributed by atoms with E-state index in [1.54, 1.807) is 11.3 Å². The second-order valence-electron chi connectivity index (χ2n) is 6.06. The fraction of sp³-hybridized carbons (Fsp3) is 0.562. The Hall–Kier alpha value is -1.34. The van der Waals surface area contributed by atoms with E-state index in [2.05, 4.69) is 22.2 Å². The number of thiophene rings is 1. The van der Waals surface area contributed by atoms with Crippen molar-refractivity contribution < 1.29 is 4.79 Å². The molecule has 1 aliphatic carbocycles. The van der Waals surface area contributed by atoms with Gasteiger partial charge in [-0.25, -0.2) is 9.97 Å². The van der Waals surface area contributed by atoms with Crippen LogP contribution in [0.25, 0.3) is 10.2 Å². The average molecular weight is 351 g/mol. The Labute approximate surface area is 144 Å². The number of nitrogens with zero attached hydrogens (tertiary/aromatic N) is 2. The van der Waals surface area contributed by atoms with Crippen LogP contribution in [0.3, 0.4) is 0 Å². The number of aryl methyl sites for hydroxylation is 1. The van der Waals surface area contributed by atoms with Crippen molar-refractivity contribution in [2.75, 3.05) is 18.0 Å². The van der Waals surface area contributed by atoms with Crippen LogP contribution in [0.1, 0.15) is 37.1 Å². The van der Waals surface area contributed by atoms with Crippen molar-refractivity contribution in [1.82, 2.24) is 15.3 Å². The number of carbonyl (C=O) groups is 1. The standard InChI is InChI=1S/C16H22N4OS2/c1-3-6-18-12(21)8-22-16-19-14(17)13-10-5-4-9(2)7-11(10)23-15(13)20-16/h9H,3-8H2,1-2H3,(H,18,21)(H2,17,19,20). The van der Waals surface area contributed by atoms with E-state index in [0.29, 0.717) is 23.3 Å². The Bertz CT molecular complexity index is 728. The van der Waals surface area contributed by atoms with Gasteiger partial charge in [0, 0.05) is 11.4 Å². The van der Waals surface area contributed by atoms with Crippen LogP contribution in [0.2, 0.25) is 0 Å². The number of aromatic nitrogens is 2. The lowest BCUT2D eigenvalue weighted by atomic mass is 9.89. The maximum atomic E-state index is 11.7. The van der Waals surface area contributed by atoms with Crippen LogP contribution >= 0.6 is 23.1 Å². The van der Waals surface area contributed by atoms with Crippen LogP contribution in [0.5, 0.6) is 0 Å². The quantitative estimate of drug-likeness (QED) is 0.640. The fourth-order valence-electron chi connectivity index (χ4n) is 2.86. The normalized spacial score (nSPS) is 17.2. The van der Waals surface area contributed by atoms with Crippen LogP contribution in [0.15, 0.2) is 5.16 Å². The molecule has 1 atom stereocenters. The first kappa shape index (κ1) is 16.5. The molecule has 0 aliphatic heterocycles. The second kappa shape index (κ2) is 7.05. The van der Waals surface area contributed by atoms with E-state index in [0.717, 1.165) is 35.4 Å². The van der Waals surface area contributed by atoms with Gasteiger partial charge in [-0.1, -0.05) is 25.6 Å². The first-order valence-electron chi connectivity index (χ1n) is 8.05.